The fourth-order valence-corrected chi connectivity index (χ4v) is 1.83. The van der Waals surface area contributed by atoms with Gasteiger partial charge in [-0.2, -0.15) is 0 Å². The number of hydrogen-bond acceptors (Lipinski definition) is 3. The fourth-order valence-electron chi connectivity index (χ4n) is 1.83. The van der Waals surface area contributed by atoms with Crippen molar-refractivity contribution in [1.82, 2.24) is 4.90 Å². The van der Waals surface area contributed by atoms with Crippen LogP contribution in [0.5, 0.6) is 0 Å². The van der Waals surface area contributed by atoms with Crippen molar-refractivity contribution in [2.24, 2.45) is 10.9 Å². The minimum atomic E-state index is 0.0481. The van der Waals surface area contributed by atoms with Gasteiger partial charge < -0.3 is 15.8 Å². The first-order valence-corrected chi connectivity index (χ1v) is 6.34. The normalized spacial score (nSPS) is 11.6. The average Bonchev–Trinajstić information content (AvgIpc) is 2.39. The molecule has 0 saturated carbocycles. The summed E-state index contributed by atoms with van der Waals surface area (Å²) in [6, 6.07) is 9.70. The number of benzene rings is 1. The molecule has 3 N–H and O–H groups in total. The lowest BCUT2D eigenvalue weighted by atomic mass is 10.1. The molecule has 5 nitrogen and oxygen atoms in total. The van der Waals surface area contributed by atoms with Crippen LogP contribution in [0.1, 0.15) is 25.8 Å². The van der Waals surface area contributed by atoms with Crippen molar-refractivity contribution >= 4 is 11.7 Å². The number of hydrogen-bond donors (Lipinski definition) is 2. The standard InChI is InChI=1S/C14H21N3O2/c1-11(2)17(9-8-13(15)16-19)14(18)10-12-6-4-3-5-7-12/h3-7,11,19H,8-10H2,1-2H3,(H2,15,16). The zero-order valence-electron chi connectivity index (χ0n) is 11.4. The summed E-state index contributed by atoms with van der Waals surface area (Å²) in [5.74, 6) is 0.185. The molecular formula is C14H21N3O2. The van der Waals surface area contributed by atoms with Crippen LogP contribution >= 0.6 is 0 Å². The van der Waals surface area contributed by atoms with E-state index in [0.717, 1.165) is 5.56 Å². The number of carbonyl (C=O) groups excluding carboxylic acids is 1. The third-order valence-electron chi connectivity index (χ3n) is 2.88. The lowest BCUT2D eigenvalue weighted by molar-refractivity contribution is -0.132. The molecule has 1 rings (SSSR count). The highest BCUT2D eigenvalue weighted by Crippen LogP contribution is 2.07. The summed E-state index contributed by atoms with van der Waals surface area (Å²) in [6.45, 7) is 4.36. The SMILES string of the molecule is CC(C)N(CC/C(N)=N/O)C(=O)Cc1ccccc1. The minimum Gasteiger partial charge on any atom is -0.409 e. The molecule has 0 aliphatic heterocycles. The van der Waals surface area contributed by atoms with Gasteiger partial charge in [-0.3, -0.25) is 4.79 Å². The molecular weight excluding hydrogens is 242 g/mol. The number of carbonyl (C=O) groups is 1. The van der Waals surface area contributed by atoms with E-state index in [2.05, 4.69) is 5.16 Å². The second kappa shape index (κ2) is 7.41. The van der Waals surface area contributed by atoms with Gasteiger partial charge in [0.15, 0.2) is 0 Å². The van der Waals surface area contributed by atoms with Crippen LogP contribution in [0, 0.1) is 0 Å². The van der Waals surface area contributed by atoms with E-state index >= 15 is 0 Å². The molecule has 0 heterocycles. The van der Waals surface area contributed by atoms with E-state index in [1.165, 1.54) is 0 Å². The molecule has 0 aliphatic rings. The van der Waals surface area contributed by atoms with E-state index in [1.54, 1.807) is 4.90 Å². The summed E-state index contributed by atoms with van der Waals surface area (Å²) in [5, 5.41) is 11.4. The summed E-state index contributed by atoms with van der Waals surface area (Å²) in [5.41, 5.74) is 6.42. The van der Waals surface area contributed by atoms with Crippen molar-refractivity contribution in [3.05, 3.63) is 35.9 Å². The molecule has 0 aliphatic carbocycles. The number of rotatable bonds is 6. The Balaban J connectivity index is 2.63. The number of amides is 1. The first kappa shape index (κ1) is 15.0. The summed E-state index contributed by atoms with van der Waals surface area (Å²) < 4.78 is 0. The summed E-state index contributed by atoms with van der Waals surface area (Å²) in [7, 11) is 0. The van der Waals surface area contributed by atoms with Gasteiger partial charge in [-0.25, -0.2) is 0 Å². The molecule has 0 atom stereocenters. The lowest BCUT2D eigenvalue weighted by Crippen LogP contribution is -2.40. The quantitative estimate of drug-likeness (QED) is 0.354. The second-order valence-electron chi connectivity index (χ2n) is 4.68. The van der Waals surface area contributed by atoms with Gasteiger partial charge in [0.25, 0.3) is 0 Å². The Kier molecular flexibility index (Phi) is 5.85. The Labute approximate surface area is 113 Å². The van der Waals surface area contributed by atoms with Crippen LogP contribution in [-0.4, -0.2) is 34.4 Å². The highest BCUT2D eigenvalue weighted by atomic mass is 16.4. The molecule has 0 unspecified atom stereocenters. The molecule has 5 heteroatoms. The maximum atomic E-state index is 12.2. The highest BCUT2D eigenvalue weighted by molar-refractivity contribution is 5.82. The number of nitrogens with zero attached hydrogens (tertiary/aromatic N) is 2. The van der Waals surface area contributed by atoms with Gasteiger partial charge >= 0.3 is 0 Å². The Bertz CT molecular complexity index is 430. The van der Waals surface area contributed by atoms with Crippen molar-refractivity contribution in [2.75, 3.05) is 6.54 Å². The van der Waals surface area contributed by atoms with Crippen LogP contribution < -0.4 is 5.73 Å². The predicted octanol–water partition coefficient (Wildman–Crippen LogP) is 1.60. The van der Waals surface area contributed by atoms with Crippen molar-refractivity contribution in [2.45, 2.75) is 32.7 Å². The van der Waals surface area contributed by atoms with Crippen LogP contribution in [0.4, 0.5) is 0 Å². The van der Waals surface area contributed by atoms with E-state index in [-0.39, 0.29) is 17.8 Å². The summed E-state index contributed by atoms with van der Waals surface area (Å²) in [6.07, 6.45) is 0.740. The lowest BCUT2D eigenvalue weighted by Gasteiger charge is -2.26. The van der Waals surface area contributed by atoms with E-state index < -0.39 is 0 Å². The Morgan fingerprint density at radius 3 is 2.53 bits per heavy atom. The van der Waals surface area contributed by atoms with Gasteiger partial charge in [-0.1, -0.05) is 35.5 Å². The van der Waals surface area contributed by atoms with Crippen molar-refractivity contribution in [3.63, 3.8) is 0 Å². The van der Waals surface area contributed by atoms with E-state index in [4.69, 9.17) is 10.9 Å². The molecule has 0 aromatic heterocycles. The van der Waals surface area contributed by atoms with Gasteiger partial charge in [0, 0.05) is 19.0 Å². The number of nitrogens with two attached hydrogens (primary N) is 1. The summed E-state index contributed by atoms with van der Waals surface area (Å²) in [4.78, 5) is 14.0. The maximum absolute atomic E-state index is 12.2. The molecule has 0 bridgehead atoms. The maximum Gasteiger partial charge on any atom is 0.227 e. The molecule has 1 aromatic rings. The minimum absolute atomic E-state index is 0.0481. The second-order valence-corrected chi connectivity index (χ2v) is 4.68. The molecule has 0 saturated heterocycles. The fraction of sp³-hybridized carbons (Fsp3) is 0.429. The summed E-state index contributed by atoms with van der Waals surface area (Å²) >= 11 is 0. The molecule has 0 radical (unpaired) electrons. The molecule has 1 aromatic carbocycles. The molecule has 104 valence electrons. The topological polar surface area (TPSA) is 78.9 Å². The van der Waals surface area contributed by atoms with Crippen molar-refractivity contribution in [1.29, 1.82) is 0 Å². The Morgan fingerprint density at radius 2 is 2.00 bits per heavy atom. The smallest absolute Gasteiger partial charge is 0.227 e. The Morgan fingerprint density at radius 1 is 1.37 bits per heavy atom. The molecule has 1 amide bonds. The number of oxime groups is 1. The van der Waals surface area contributed by atoms with E-state index in [0.29, 0.717) is 19.4 Å². The van der Waals surface area contributed by atoms with Crippen molar-refractivity contribution < 1.29 is 10.0 Å². The van der Waals surface area contributed by atoms with Gasteiger partial charge in [0.2, 0.25) is 5.91 Å². The van der Waals surface area contributed by atoms with Crippen LogP contribution in [-0.2, 0) is 11.2 Å². The average molecular weight is 263 g/mol. The number of amidine groups is 1. The van der Waals surface area contributed by atoms with Crippen LogP contribution in [0.2, 0.25) is 0 Å². The first-order chi connectivity index (χ1) is 9.04. The van der Waals surface area contributed by atoms with E-state index in [1.807, 2.05) is 44.2 Å². The van der Waals surface area contributed by atoms with Crippen LogP contribution in [0.3, 0.4) is 0 Å². The van der Waals surface area contributed by atoms with Gasteiger partial charge in [-0.05, 0) is 19.4 Å². The molecule has 0 fully saturated rings. The van der Waals surface area contributed by atoms with Crippen molar-refractivity contribution in [3.8, 4) is 0 Å². The van der Waals surface area contributed by atoms with Crippen LogP contribution in [0.25, 0.3) is 0 Å². The van der Waals surface area contributed by atoms with E-state index in [9.17, 15) is 4.79 Å². The highest BCUT2D eigenvalue weighted by Gasteiger charge is 2.17. The first-order valence-electron chi connectivity index (χ1n) is 6.34. The predicted molar refractivity (Wildman–Crippen MR) is 75.0 cm³/mol. The monoisotopic (exact) mass is 263 g/mol. The largest absolute Gasteiger partial charge is 0.409 e. The van der Waals surface area contributed by atoms with Crippen LogP contribution in [0.15, 0.2) is 35.5 Å². The third-order valence-corrected chi connectivity index (χ3v) is 2.88. The zero-order chi connectivity index (χ0) is 14.3. The zero-order valence-corrected chi connectivity index (χ0v) is 11.4. The third kappa shape index (κ3) is 4.99. The molecule has 0 spiro atoms. The van der Waals surface area contributed by atoms with Gasteiger partial charge in [0.05, 0.1) is 6.42 Å². The molecule has 19 heavy (non-hydrogen) atoms. The Hall–Kier alpha value is -2.04. The van der Waals surface area contributed by atoms with Gasteiger partial charge in [-0.15, -0.1) is 0 Å². The van der Waals surface area contributed by atoms with Gasteiger partial charge in [0.1, 0.15) is 5.84 Å².